The quantitative estimate of drug-likeness (QED) is 0.696. The molecule has 0 aromatic rings. The third-order valence-corrected chi connectivity index (χ3v) is 8.18. The van der Waals surface area contributed by atoms with Crippen LogP contribution in [0.2, 0.25) is 0 Å². The van der Waals surface area contributed by atoms with Gasteiger partial charge < -0.3 is 4.74 Å². The van der Waals surface area contributed by atoms with E-state index >= 15 is 0 Å². The minimum atomic E-state index is -0.0571. The van der Waals surface area contributed by atoms with Crippen molar-refractivity contribution < 1.29 is 14.3 Å². The molecule has 0 bridgehead atoms. The second-order valence-corrected chi connectivity index (χ2v) is 8.83. The lowest BCUT2D eigenvalue weighted by atomic mass is 9.46. The second-order valence-electron chi connectivity index (χ2n) is 8.83. The van der Waals surface area contributed by atoms with Gasteiger partial charge in [0.15, 0.2) is 5.78 Å². The smallest absolute Gasteiger partial charge is 0.155 e. The van der Waals surface area contributed by atoms with Crippen molar-refractivity contribution in [1.82, 2.24) is 0 Å². The number of epoxide rings is 1. The monoisotopic (exact) mass is 314 g/mol. The number of hydrogen-bond donors (Lipinski definition) is 0. The molecule has 4 fully saturated rings. The highest BCUT2D eigenvalue weighted by atomic mass is 16.6. The number of rotatable bonds is 1. The van der Waals surface area contributed by atoms with Crippen molar-refractivity contribution >= 4 is 11.6 Å². The van der Waals surface area contributed by atoms with Gasteiger partial charge in [-0.05, 0) is 62.4 Å². The summed E-state index contributed by atoms with van der Waals surface area (Å²) in [6.45, 7) is 3.11. The van der Waals surface area contributed by atoms with E-state index in [1.54, 1.807) is 0 Å². The Labute approximate surface area is 137 Å². The molecule has 3 saturated carbocycles. The molecule has 0 amide bonds. The van der Waals surface area contributed by atoms with Crippen molar-refractivity contribution in [2.24, 2.45) is 28.6 Å². The van der Waals surface area contributed by atoms with Crippen molar-refractivity contribution in [2.45, 2.75) is 64.4 Å². The van der Waals surface area contributed by atoms with Gasteiger partial charge in [0.25, 0.3) is 0 Å². The summed E-state index contributed by atoms with van der Waals surface area (Å²) in [4.78, 5) is 24.5. The molecule has 0 aromatic carbocycles. The summed E-state index contributed by atoms with van der Waals surface area (Å²) in [7, 11) is 0. The normalized spacial score (nSPS) is 51.6. The Morgan fingerprint density at radius 2 is 1.87 bits per heavy atom. The molecule has 3 heteroatoms. The van der Waals surface area contributed by atoms with Gasteiger partial charge in [0, 0.05) is 23.7 Å². The SMILES string of the molecule is C[C@]12CC[C@H]3[C@@H](CCC4=CC(=O)CC[C@@]43[C@@H]3CO3)[C@@H]1CCC2=O. The predicted octanol–water partition coefficient (Wildman–Crippen LogP) is 3.47. The zero-order valence-electron chi connectivity index (χ0n) is 14.0. The van der Waals surface area contributed by atoms with Crippen molar-refractivity contribution in [3.8, 4) is 0 Å². The molecule has 124 valence electrons. The zero-order chi connectivity index (χ0) is 15.8. The molecular formula is C20H26O3. The number of hydrogen-bond acceptors (Lipinski definition) is 3. The molecule has 1 saturated heterocycles. The summed E-state index contributed by atoms with van der Waals surface area (Å²) in [6, 6.07) is 0. The zero-order valence-corrected chi connectivity index (χ0v) is 14.0. The van der Waals surface area contributed by atoms with Crippen molar-refractivity contribution in [3.05, 3.63) is 11.6 Å². The maximum atomic E-state index is 12.5. The maximum absolute atomic E-state index is 12.5. The van der Waals surface area contributed by atoms with E-state index in [0.717, 1.165) is 45.1 Å². The first kappa shape index (κ1) is 14.4. The summed E-state index contributed by atoms with van der Waals surface area (Å²) in [6.07, 6.45) is 10.3. The summed E-state index contributed by atoms with van der Waals surface area (Å²) >= 11 is 0. The van der Waals surface area contributed by atoms with Gasteiger partial charge in [-0.2, -0.15) is 0 Å². The van der Waals surface area contributed by atoms with Crippen LogP contribution in [0.4, 0.5) is 0 Å². The number of carbonyl (C=O) groups is 2. The Morgan fingerprint density at radius 1 is 1.04 bits per heavy atom. The average Bonchev–Trinajstić information content (AvgIpc) is 3.34. The Balaban J connectivity index is 1.57. The van der Waals surface area contributed by atoms with Crippen LogP contribution in [0.15, 0.2) is 11.6 Å². The van der Waals surface area contributed by atoms with Crippen LogP contribution in [0.5, 0.6) is 0 Å². The fourth-order valence-electron chi connectivity index (χ4n) is 6.99. The molecule has 4 aliphatic carbocycles. The highest BCUT2D eigenvalue weighted by molar-refractivity contribution is 5.92. The molecule has 1 aliphatic heterocycles. The van der Waals surface area contributed by atoms with Crippen LogP contribution in [0, 0.1) is 28.6 Å². The second kappa shape index (κ2) is 4.56. The summed E-state index contributed by atoms with van der Waals surface area (Å²) in [5.41, 5.74) is 1.47. The molecule has 3 nitrogen and oxygen atoms in total. The molecule has 6 atom stereocenters. The first-order valence-corrected chi connectivity index (χ1v) is 9.44. The van der Waals surface area contributed by atoms with E-state index in [9.17, 15) is 9.59 Å². The molecule has 23 heavy (non-hydrogen) atoms. The van der Waals surface area contributed by atoms with E-state index in [4.69, 9.17) is 4.74 Å². The first-order chi connectivity index (χ1) is 11.1. The van der Waals surface area contributed by atoms with Gasteiger partial charge in [-0.1, -0.05) is 12.5 Å². The molecular weight excluding hydrogens is 288 g/mol. The number of Topliss-reactive ketones (excluding diaryl/α,β-unsaturated/α-hetero) is 1. The number of ketones is 2. The maximum Gasteiger partial charge on any atom is 0.155 e. The third kappa shape index (κ3) is 1.75. The van der Waals surface area contributed by atoms with Gasteiger partial charge in [0.1, 0.15) is 5.78 Å². The van der Waals surface area contributed by atoms with Crippen LogP contribution in [-0.4, -0.2) is 24.3 Å². The van der Waals surface area contributed by atoms with Crippen molar-refractivity contribution in [3.63, 3.8) is 0 Å². The molecule has 0 unspecified atom stereocenters. The number of carbonyl (C=O) groups excluding carboxylic acids is 2. The molecule has 5 aliphatic rings. The minimum absolute atomic E-state index is 0.0571. The Hall–Kier alpha value is -0.960. The Kier molecular flexibility index (Phi) is 2.85. The van der Waals surface area contributed by atoms with Crippen molar-refractivity contribution in [1.29, 1.82) is 0 Å². The molecule has 5 rings (SSSR count). The minimum Gasteiger partial charge on any atom is -0.372 e. The largest absolute Gasteiger partial charge is 0.372 e. The molecule has 0 aromatic heterocycles. The molecule has 0 N–H and O–H groups in total. The van der Waals surface area contributed by atoms with Crippen LogP contribution in [0.3, 0.4) is 0 Å². The number of fused-ring (bicyclic) bond motifs is 5. The third-order valence-electron chi connectivity index (χ3n) is 8.18. The first-order valence-electron chi connectivity index (χ1n) is 9.44. The lowest BCUT2D eigenvalue weighted by Crippen LogP contribution is -2.53. The lowest BCUT2D eigenvalue weighted by molar-refractivity contribution is -0.133. The molecule has 0 spiro atoms. The summed E-state index contributed by atoms with van der Waals surface area (Å²) < 4.78 is 5.83. The van der Waals surface area contributed by atoms with Gasteiger partial charge in [-0.25, -0.2) is 0 Å². The van der Waals surface area contributed by atoms with E-state index in [0.29, 0.717) is 41.8 Å². The van der Waals surface area contributed by atoms with Crippen LogP contribution >= 0.6 is 0 Å². The van der Waals surface area contributed by atoms with E-state index in [-0.39, 0.29) is 10.8 Å². The van der Waals surface area contributed by atoms with Crippen LogP contribution in [0.25, 0.3) is 0 Å². The fraction of sp³-hybridized carbons (Fsp3) is 0.800. The van der Waals surface area contributed by atoms with E-state index in [2.05, 4.69) is 6.92 Å². The van der Waals surface area contributed by atoms with Gasteiger partial charge in [0.05, 0.1) is 12.7 Å². The van der Waals surface area contributed by atoms with Crippen LogP contribution in [-0.2, 0) is 14.3 Å². The van der Waals surface area contributed by atoms with Gasteiger partial charge in [0.2, 0.25) is 0 Å². The lowest BCUT2D eigenvalue weighted by Gasteiger charge is -2.57. The van der Waals surface area contributed by atoms with E-state index in [1.807, 2.05) is 6.08 Å². The average molecular weight is 314 g/mol. The van der Waals surface area contributed by atoms with Crippen LogP contribution < -0.4 is 0 Å². The van der Waals surface area contributed by atoms with Crippen LogP contribution in [0.1, 0.15) is 58.3 Å². The number of ether oxygens (including phenoxy) is 1. The topological polar surface area (TPSA) is 46.7 Å². The van der Waals surface area contributed by atoms with Gasteiger partial charge >= 0.3 is 0 Å². The fourth-order valence-corrected chi connectivity index (χ4v) is 6.99. The highest BCUT2D eigenvalue weighted by Crippen LogP contribution is 2.66. The molecule has 1 heterocycles. The Bertz CT molecular complexity index is 616. The standard InChI is InChI=1S/C20H26O3/c1-19-8-7-16-14(15(19)4-5-17(19)22)3-2-12-10-13(21)6-9-20(12,16)18-11-23-18/h10,14-16,18H,2-9,11H2,1H3/t14-,15-,16-,18-,19-,20+/m0/s1. The predicted molar refractivity (Wildman–Crippen MR) is 85.8 cm³/mol. The molecule has 0 radical (unpaired) electrons. The van der Waals surface area contributed by atoms with E-state index < -0.39 is 0 Å². The Morgan fingerprint density at radius 3 is 2.65 bits per heavy atom. The van der Waals surface area contributed by atoms with Crippen molar-refractivity contribution in [2.75, 3.05) is 6.61 Å². The van der Waals surface area contributed by atoms with E-state index in [1.165, 1.54) is 12.0 Å². The summed E-state index contributed by atoms with van der Waals surface area (Å²) in [5, 5.41) is 0. The van der Waals surface area contributed by atoms with Gasteiger partial charge in [-0.3, -0.25) is 9.59 Å². The van der Waals surface area contributed by atoms with Gasteiger partial charge in [-0.15, -0.1) is 0 Å². The summed E-state index contributed by atoms with van der Waals surface area (Å²) in [5.74, 6) is 2.69. The highest BCUT2D eigenvalue weighted by Gasteiger charge is 2.64.